The summed E-state index contributed by atoms with van der Waals surface area (Å²) in [6.45, 7) is 6.77. The van der Waals surface area contributed by atoms with Crippen molar-refractivity contribution in [3.8, 4) is 16.9 Å². The summed E-state index contributed by atoms with van der Waals surface area (Å²) in [5.41, 5.74) is 7.23. The molecule has 0 aromatic heterocycles. The van der Waals surface area contributed by atoms with Crippen molar-refractivity contribution in [2.45, 2.75) is 27.4 Å². The largest absolute Gasteiger partial charge is 0.487 e. The second-order valence-electron chi connectivity index (χ2n) is 6.11. The Morgan fingerprint density at radius 1 is 0.833 bits per heavy atom. The van der Waals surface area contributed by atoms with Crippen molar-refractivity contribution in [2.75, 3.05) is 0 Å². The van der Waals surface area contributed by atoms with Crippen molar-refractivity contribution < 1.29 is 4.74 Å². The molecule has 0 radical (unpaired) electrons. The van der Waals surface area contributed by atoms with Gasteiger partial charge in [0.25, 0.3) is 0 Å². The summed E-state index contributed by atoms with van der Waals surface area (Å²) in [7, 11) is 0. The number of hydrogen-bond acceptors (Lipinski definition) is 1. The monoisotopic (exact) mass is 336 g/mol. The van der Waals surface area contributed by atoms with E-state index in [1.54, 1.807) is 0 Å². The van der Waals surface area contributed by atoms with Gasteiger partial charge in [-0.05, 0) is 66.3 Å². The van der Waals surface area contributed by atoms with Gasteiger partial charge in [-0.1, -0.05) is 60.1 Å². The summed E-state index contributed by atoms with van der Waals surface area (Å²) in [6.07, 6.45) is 0. The van der Waals surface area contributed by atoms with Crippen LogP contribution in [0.25, 0.3) is 11.1 Å². The van der Waals surface area contributed by atoms with Crippen molar-refractivity contribution >= 4 is 11.6 Å². The number of benzene rings is 3. The van der Waals surface area contributed by atoms with Crippen LogP contribution in [0.3, 0.4) is 0 Å². The van der Waals surface area contributed by atoms with Crippen molar-refractivity contribution in [1.82, 2.24) is 0 Å². The van der Waals surface area contributed by atoms with E-state index in [0.29, 0.717) is 11.6 Å². The molecule has 0 amide bonds. The van der Waals surface area contributed by atoms with Crippen LogP contribution in [0.4, 0.5) is 0 Å². The normalized spacial score (nSPS) is 10.7. The molecule has 2 heteroatoms. The first-order chi connectivity index (χ1) is 11.6. The van der Waals surface area contributed by atoms with Crippen molar-refractivity contribution in [2.24, 2.45) is 0 Å². The van der Waals surface area contributed by atoms with Gasteiger partial charge in [-0.15, -0.1) is 0 Å². The highest BCUT2D eigenvalue weighted by Crippen LogP contribution is 2.30. The molecule has 0 unspecified atom stereocenters. The van der Waals surface area contributed by atoms with Gasteiger partial charge in [0.1, 0.15) is 12.4 Å². The van der Waals surface area contributed by atoms with E-state index in [1.807, 2.05) is 18.2 Å². The van der Waals surface area contributed by atoms with Crippen molar-refractivity contribution in [1.29, 1.82) is 0 Å². The predicted molar refractivity (Wildman–Crippen MR) is 102 cm³/mol. The molecule has 0 atom stereocenters. The molecule has 122 valence electrons. The van der Waals surface area contributed by atoms with Gasteiger partial charge in [0.2, 0.25) is 0 Å². The average molecular weight is 337 g/mol. The van der Waals surface area contributed by atoms with Gasteiger partial charge in [0, 0.05) is 0 Å². The highest BCUT2D eigenvalue weighted by molar-refractivity contribution is 6.32. The Hall–Kier alpha value is -2.25. The highest BCUT2D eigenvalue weighted by atomic mass is 35.5. The lowest BCUT2D eigenvalue weighted by molar-refractivity contribution is 0.305. The second-order valence-corrected chi connectivity index (χ2v) is 6.52. The van der Waals surface area contributed by atoms with E-state index < -0.39 is 0 Å². The minimum Gasteiger partial charge on any atom is -0.487 e. The first kappa shape index (κ1) is 16.6. The highest BCUT2D eigenvalue weighted by Gasteiger charge is 2.09. The Morgan fingerprint density at radius 3 is 2.29 bits per heavy atom. The van der Waals surface area contributed by atoms with Crippen LogP contribution in [0.2, 0.25) is 5.02 Å². The van der Waals surface area contributed by atoms with Gasteiger partial charge in [0.05, 0.1) is 5.02 Å². The van der Waals surface area contributed by atoms with Gasteiger partial charge in [-0.3, -0.25) is 0 Å². The van der Waals surface area contributed by atoms with E-state index in [4.69, 9.17) is 16.3 Å². The summed E-state index contributed by atoms with van der Waals surface area (Å²) in [5, 5.41) is 0.662. The minimum absolute atomic E-state index is 0.509. The Bertz CT molecular complexity index is 853. The van der Waals surface area contributed by atoms with Crippen LogP contribution >= 0.6 is 11.6 Å². The Morgan fingerprint density at radius 2 is 1.54 bits per heavy atom. The molecule has 0 aliphatic heterocycles. The topological polar surface area (TPSA) is 9.23 Å². The molecule has 0 N–H and O–H groups in total. The van der Waals surface area contributed by atoms with Crippen LogP contribution in [0.15, 0.2) is 60.7 Å². The van der Waals surface area contributed by atoms with Crippen molar-refractivity contribution in [3.05, 3.63) is 87.9 Å². The fourth-order valence-electron chi connectivity index (χ4n) is 2.79. The number of ether oxygens (including phenoxy) is 1. The summed E-state index contributed by atoms with van der Waals surface area (Å²) in [6, 6.07) is 20.7. The van der Waals surface area contributed by atoms with E-state index in [-0.39, 0.29) is 0 Å². The lowest BCUT2D eigenvalue weighted by atomic mass is 9.97. The molecule has 0 aliphatic rings. The van der Waals surface area contributed by atoms with E-state index in [1.165, 1.54) is 33.4 Å². The molecule has 1 nitrogen and oxygen atoms in total. The van der Waals surface area contributed by atoms with E-state index in [9.17, 15) is 0 Å². The fraction of sp³-hybridized carbons (Fsp3) is 0.182. The van der Waals surface area contributed by atoms with Crippen LogP contribution in [0.1, 0.15) is 22.3 Å². The summed E-state index contributed by atoms with van der Waals surface area (Å²) < 4.78 is 6.00. The quantitative estimate of drug-likeness (QED) is 0.527. The van der Waals surface area contributed by atoms with E-state index >= 15 is 0 Å². The molecule has 0 aliphatic carbocycles. The molecule has 0 saturated heterocycles. The fourth-order valence-corrected chi connectivity index (χ4v) is 3.06. The van der Waals surface area contributed by atoms with Crippen LogP contribution in [0, 0.1) is 20.8 Å². The molecule has 0 heterocycles. The van der Waals surface area contributed by atoms with Gasteiger partial charge in [0.15, 0.2) is 0 Å². The van der Waals surface area contributed by atoms with Gasteiger partial charge in [-0.25, -0.2) is 0 Å². The van der Waals surface area contributed by atoms with Crippen LogP contribution in [-0.2, 0) is 6.61 Å². The molecule has 0 spiro atoms. The molecule has 3 rings (SSSR count). The number of halogens is 1. The molecule has 24 heavy (non-hydrogen) atoms. The first-order valence-corrected chi connectivity index (χ1v) is 8.47. The molecule has 0 saturated carbocycles. The Labute approximate surface area is 148 Å². The molecular formula is C22H21ClO. The predicted octanol–water partition coefficient (Wildman–Crippen LogP) is 6.51. The molecular weight excluding hydrogens is 316 g/mol. The second kappa shape index (κ2) is 7.11. The van der Waals surface area contributed by atoms with Crippen molar-refractivity contribution in [3.63, 3.8) is 0 Å². The van der Waals surface area contributed by atoms with Crippen LogP contribution in [-0.4, -0.2) is 0 Å². The third-order valence-corrected chi connectivity index (χ3v) is 4.76. The number of hydrogen-bond donors (Lipinski definition) is 0. The Balaban J connectivity index is 1.85. The van der Waals surface area contributed by atoms with Crippen LogP contribution < -0.4 is 4.74 Å². The molecule has 3 aromatic rings. The lowest BCUT2D eigenvalue weighted by Crippen LogP contribution is -2.00. The number of rotatable bonds is 4. The van der Waals surface area contributed by atoms with E-state index in [0.717, 1.165) is 5.75 Å². The maximum atomic E-state index is 6.31. The van der Waals surface area contributed by atoms with Gasteiger partial charge in [-0.2, -0.15) is 0 Å². The van der Waals surface area contributed by atoms with Gasteiger partial charge >= 0.3 is 0 Å². The Kier molecular flexibility index (Phi) is 4.92. The van der Waals surface area contributed by atoms with Gasteiger partial charge < -0.3 is 4.74 Å². The third kappa shape index (κ3) is 3.47. The minimum atomic E-state index is 0.509. The summed E-state index contributed by atoms with van der Waals surface area (Å²) in [4.78, 5) is 0. The maximum absolute atomic E-state index is 6.31. The average Bonchev–Trinajstić information content (AvgIpc) is 2.59. The SMILES string of the molecule is Cc1cc(Cl)c(OCc2cccc(-c3ccccc3)c2C)cc1C. The smallest absolute Gasteiger partial charge is 0.138 e. The van der Waals surface area contributed by atoms with Crippen LogP contribution in [0.5, 0.6) is 5.75 Å². The standard InChI is InChI=1S/C22H21ClO/c1-15-12-21(23)22(13-16(15)2)24-14-19-10-7-11-20(17(19)3)18-8-5-4-6-9-18/h4-13H,14H2,1-3H3. The maximum Gasteiger partial charge on any atom is 0.138 e. The zero-order valence-corrected chi connectivity index (χ0v) is 15.0. The summed E-state index contributed by atoms with van der Waals surface area (Å²) >= 11 is 6.31. The third-order valence-electron chi connectivity index (χ3n) is 4.46. The number of aryl methyl sites for hydroxylation is 2. The lowest BCUT2D eigenvalue weighted by Gasteiger charge is -2.14. The zero-order valence-electron chi connectivity index (χ0n) is 14.3. The van der Waals surface area contributed by atoms with E-state index in [2.05, 4.69) is 63.2 Å². The zero-order chi connectivity index (χ0) is 17.1. The summed E-state index contributed by atoms with van der Waals surface area (Å²) in [5.74, 6) is 0.740. The molecule has 0 fully saturated rings. The first-order valence-electron chi connectivity index (χ1n) is 8.09. The molecule has 0 bridgehead atoms. The molecule has 3 aromatic carbocycles.